The SMILES string of the molecule is Cc1ccc(CC(=O)Nc2ccccc2/C(N)=N/O)cc1. The number of oxime groups is 1. The van der Waals surface area contributed by atoms with Crippen molar-refractivity contribution >= 4 is 17.4 Å². The Morgan fingerprint density at radius 2 is 1.86 bits per heavy atom. The molecule has 5 heteroatoms. The fraction of sp³-hybridized carbons (Fsp3) is 0.125. The molecule has 0 unspecified atom stereocenters. The van der Waals surface area contributed by atoms with Crippen LogP contribution in [0.3, 0.4) is 0 Å². The van der Waals surface area contributed by atoms with Crippen molar-refractivity contribution in [3.8, 4) is 0 Å². The summed E-state index contributed by atoms with van der Waals surface area (Å²) in [6.07, 6.45) is 0.269. The second-order valence-corrected chi connectivity index (χ2v) is 4.74. The van der Waals surface area contributed by atoms with Gasteiger partial charge in [0.15, 0.2) is 5.84 Å². The van der Waals surface area contributed by atoms with Gasteiger partial charge < -0.3 is 16.3 Å². The Labute approximate surface area is 123 Å². The highest BCUT2D eigenvalue weighted by molar-refractivity contribution is 6.05. The molecule has 5 nitrogen and oxygen atoms in total. The summed E-state index contributed by atoms with van der Waals surface area (Å²) in [4.78, 5) is 12.1. The number of nitrogens with zero attached hydrogens (tertiary/aromatic N) is 1. The van der Waals surface area contributed by atoms with E-state index < -0.39 is 0 Å². The van der Waals surface area contributed by atoms with Crippen molar-refractivity contribution in [3.63, 3.8) is 0 Å². The lowest BCUT2D eigenvalue weighted by Gasteiger charge is -2.10. The molecule has 2 aromatic carbocycles. The molecule has 0 aliphatic carbocycles. The van der Waals surface area contributed by atoms with Gasteiger partial charge in [-0.3, -0.25) is 4.79 Å². The summed E-state index contributed by atoms with van der Waals surface area (Å²) >= 11 is 0. The van der Waals surface area contributed by atoms with Crippen LogP contribution in [-0.2, 0) is 11.2 Å². The maximum Gasteiger partial charge on any atom is 0.228 e. The van der Waals surface area contributed by atoms with Gasteiger partial charge in [0, 0.05) is 5.56 Å². The normalized spacial score (nSPS) is 11.2. The number of nitrogens with two attached hydrogens (primary N) is 1. The predicted molar refractivity (Wildman–Crippen MR) is 82.5 cm³/mol. The number of carbonyl (C=O) groups excluding carboxylic acids is 1. The zero-order chi connectivity index (χ0) is 15.2. The molecule has 0 saturated carbocycles. The lowest BCUT2D eigenvalue weighted by Crippen LogP contribution is -2.20. The van der Waals surface area contributed by atoms with Gasteiger partial charge in [-0.2, -0.15) is 0 Å². The van der Waals surface area contributed by atoms with Crippen molar-refractivity contribution in [2.75, 3.05) is 5.32 Å². The number of carbonyl (C=O) groups is 1. The largest absolute Gasteiger partial charge is 0.409 e. The second kappa shape index (κ2) is 6.56. The van der Waals surface area contributed by atoms with Crippen molar-refractivity contribution in [1.29, 1.82) is 0 Å². The number of hydrogen-bond donors (Lipinski definition) is 3. The van der Waals surface area contributed by atoms with Crippen molar-refractivity contribution in [2.24, 2.45) is 10.9 Å². The highest BCUT2D eigenvalue weighted by Crippen LogP contribution is 2.15. The van der Waals surface area contributed by atoms with Gasteiger partial charge in [-0.1, -0.05) is 47.1 Å². The van der Waals surface area contributed by atoms with E-state index >= 15 is 0 Å². The zero-order valence-corrected chi connectivity index (χ0v) is 11.7. The minimum atomic E-state index is -0.156. The fourth-order valence-corrected chi connectivity index (χ4v) is 1.96. The Morgan fingerprint density at radius 3 is 2.52 bits per heavy atom. The van der Waals surface area contributed by atoms with E-state index in [2.05, 4.69) is 10.5 Å². The molecular formula is C16H17N3O2. The van der Waals surface area contributed by atoms with E-state index in [9.17, 15) is 4.79 Å². The van der Waals surface area contributed by atoms with Crippen LogP contribution in [0.4, 0.5) is 5.69 Å². The van der Waals surface area contributed by atoms with Gasteiger partial charge in [-0.05, 0) is 24.6 Å². The van der Waals surface area contributed by atoms with E-state index in [4.69, 9.17) is 10.9 Å². The van der Waals surface area contributed by atoms with Crippen molar-refractivity contribution in [1.82, 2.24) is 0 Å². The Hall–Kier alpha value is -2.82. The highest BCUT2D eigenvalue weighted by atomic mass is 16.4. The van der Waals surface area contributed by atoms with E-state index in [1.165, 1.54) is 0 Å². The van der Waals surface area contributed by atoms with Crippen LogP contribution in [0.1, 0.15) is 16.7 Å². The third-order valence-corrected chi connectivity index (χ3v) is 3.07. The smallest absolute Gasteiger partial charge is 0.228 e. The highest BCUT2D eigenvalue weighted by Gasteiger charge is 2.10. The maximum absolute atomic E-state index is 12.1. The van der Waals surface area contributed by atoms with Crippen molar-refractivity contribution in [3.05, 3.63) is 65.2 Å². The average Bonchev–Trinajstić information content (AvgIpc) is 2.49. The molecule has 21 heavy (non-hydrogen) atoms. The molecule has 4 N–H and O–H groups in total. The fourth-order valence-electron chi connectivity index (χ4n) is 1.96. The molecular weight excluding hydrogens is 266 g/mol. The van der Waals surface area contributed by atoms with Crippen LogP contribution in [-0.4, -0.2) is 17.0 Å². The minimum absolute atomic E-state index is 0.0405. The number of aryl methyl sites for hydroxylation is 1. The van der Waals surface area contributed by atoms with E-state index in [0.29, 0.717) is 11.3 Å². The van der Waals surface area contributed by atoms with E-state index in [1.54, 1.807) is 24.3 Å². The summed E-state index contributed by atoms with van der Waals surface area (Å²) in [5.74, 6) is -0.196. The first kappa shape index (κ1) is 14.6. The number of nitrogens with one attached hydrogen (secondary N) is 1. The Bertz CT molecular complexity index is 663. The van der Waals surface area contributed by atoms with Crippen LogP contribution in [0, 0.1) is 6.92 Å². The minimum Gasteiger partial charge on any atom is -0.409 e. The Balaban J connectivity index is 2.11. The van der Waals surface area contributed by atoms with Crippen LogP contribution in [0.5, 0.6) is 0 Å². The monoisotopic (exact) mass is 283 g/mol. The van der Waals surface area contributed by atoms with Gasteiger partial charge >= 0.3 is 0 Å². The standard InChI is InChI=1S/C16H17N3O2/c1-11-6-8-12(9-7-11)10-15(20)18-14-5-3-2-4-13(14)16(17)19-21/h2-9,21H,10H2,1H3,(H2,17,19)(H,18,20). The molecule has 0 bridgehead atoms. The second-order valence-electron chi connectivity index (χ2n) is 4.74. The lowest BCUT2D eigenvalue weighted by atomic mass is 10.1. The van der Waals surface area contributed by atoms with Crippen molar-refractivity contribution < 1.29 is 10.0 Å². The number of amides is 1. The topological polar surface area (TPSA) is 87.7 Å². The molecule has 0 fully saturated rings. The first-order valence-electron chi connectivity index (χ1n) is 6.52. The maximum atomic E-state index is 12.1. The van der Waals surface area contributed by atoms with Gasteiger partial charge in [0.25, 0.3) is 0 Å². The predicted octanol–water partition coefficient (Wildman–Crippen LogP) is 2.27. The van der Waals surface area contributed by atoms with Crippen LogP contribution in [0.15, 0.2) is 53.7 Å². The van der Waals surface area contributed by atoms with Crippen molar-refractivity contribution in [2.45, 2.75) is 13.3 Å². The van der Waals surface area contributed by atoms with Crippen LogP contribution < -0.4 is 11.1 Å². The molecule has 0 radical (unpaired) electrons. The van der Waals surface area contributed by atoms with Gasteiger partial charge in [0.2, 0.25) is 5.91 Å². The molecule has 0 saturated heterocycles. The Kier molecular flexibility index (Phi) is 4.56. The first-order valence-corrected chi connectivity index (χ1v) is 6.52. The van der Waals surface area contributed by atoms with Gasteiger partial charge in [-0.25, -0.2) is 0 Å². The van der Waals surface area contributed by atoms with Crippen LogP contribution in [0.25, 0.3) is 0 Å². The molecule has 0 aromatic heterocycles. The molecule has 0 aliphatic rings. The number of benzene rings is 2. The number of hydrogen-bond acceptors (Lipinski definition) is 3. The van der Waals surface area contributed by atoms with Crippen LogP contribution >= 0.6 is 0 Å². The molecule has 0 atom stereocenters. The molecule has 2 aromatic rings. The molecule has 2 rings (SSSR count). The summed E-state index contributed by atoms with van der Waals surface area (Å²) in [5.41, 5.74) is 8.67. The first-order chi connectivity index (χ1) is 10.1. The molecule has 0 aliphatic heterocycles. The average molecular weight is 283 g/mol. The van der Waals surface area contributed by atoms with E-state index in [0.717, 1.165) is 11.1 Å². The van der Waals surface area contributed by atoms with Gasteiger partial charge in [0.05, 0.1) is 12.1 Å². The lowest BCUT2D eigenvalue weighted by molar-refractivity contribution is -0.115. The summed E-state index contributed by atoms with van der Waals surface area (Å²) in [7, 11) is 0. The molecule has 0 spiro atoms. The summed E-state index contributed by atoms with van der Waals surface area (Å²) in [6.45, 7) is 2.00. The van der Waals surface area contributed by atoms with Gasteiger partial charge in [-0.15, -0.1) is 0 Å². The summed E-state index contributed by atoms with van der Waals surface area (Å²) in [6, 6.07) is 14.7. The molecule has 108 valence electrons. The van der Waals surface area contributed by atoms with Crippen LogP contribution in [0.2, 0.25) is 0 Å². The van der Waals surface area contributed by atoms with E-state index in [-0.39, 0.29) is 18.2 Å². The Morgan fingerprint density at radius 1 is 1.19 bits per heavy atom. The number of para-hydroxylation sites is 1. The quantitative estimate of drug-likeness (QED) is 0.348. The van der Waals surface area contributed by atoms with E-state index in [1.807, 2.05) is 31.2 Å². The number of amidine groups is 1. The summed E-state index contributed by atoms with van der Waals surface area (Å²) < 4.78 is 0. The number of rotatable bonds is 4. The molecule has 0 heterocycles. The zero-order valence-electron chi connectivity index (χ0n) is 11.7. The third kappa shape index (κ3) is 3.82. The number of anilines is 1. The molecule has 1 amide bonds. The summed E-state index contributed by atoms with van der Waals surface area (Å²) in [5, 5.41) is 14.5. The van der Waals surface area contributed by atoms with Gasteiger partial charge in [0.1, 0.15) is 0 Å². The third-order valence-electron chi connectivity index (χ3n) is 3.07.